The van der Waals surface area contributed by atoms with E-state index >= 15 is 0 Å². The zero-order valence-electron chi connectivity index (χ0n) is 14.9. The third-order valence-corrected chi connectivity index (χ3v) is 6.02. The first kappa shape index (κ1) is 18.8. The van der Waals surface area contributed by atoms with E-state index in [1.807, 2.05) is 37.3 Å². The maximum absolute atomic E-state index is 12.7. The molecule has 2 aromatic rings. The fourth-order valence-electron chi connectivity index (χ4n) is 3.29. The monoisotopic (exact) mass is 376 g/mol. The normalized spacial score (nSPS) is 21.0. The number of nitrogens with one attached hydrogen (secondary N) is 1. The van der Waals surface area contributed by atoms with Crippen LogP contribution in [0.2, 0.25) is 0 Å². The molecule has 1 saturated carbocycles. The molecule has 1 atom stereocenters. The first-order chi connectivity index (χ1) is 12.4. The lowest BCUT2D eigenvalue weighted by Crippen LogP contribution is -2.41. The summed E-state index contributed by atoms with van der Waals surface area (Å²) in [6.45, 7) is 1.94. The van der Waals surface area contributed by atoms with Crippen LogP contribution in [0.25, 0.3) is 0 Å². The summed E-state index contributed by atoms with van der Waals surface area (Å²) in [7, 11) is -2.01. The van der Waals surface area contributed by atoms with Gasteiger partial charge in [-0.15, -0.1) is 0 Å². The van der Waals surface area contributed by atoms with Gasteiger partial charge in [-0.1, -0.05) is 35.9 Å². The SMILES string of the molecule is COc1ccc([C@H](NS(=O)(=O)Cc2cccc(C)c2)C2CC(O)C2)cn1. The molecule has 3 rings (SSSR count). The Morgan fingerprint density at radius 3 is 2.65 bits per heavy atom. The van der Waals surface area contributed by atoms with Gasteiger partial charge in [0.15, 0.2) is 0 Å². The number of hydrogen-bond donors (Lipinski definition) is 2. The second kappa shape index (κ2) is 7.73. The number of sulfonamides is 1. The van der Waals surface area contributed by atoms with Crippen molar-refractivity contribution in [3.8, 4) is 5.88 Å². The van der Waals surface area contributed by atoms with E-state index in [4.69, 9.17) is 4.74 Å². The summed E-state index contributed by atoms with van der Waals surface area (Å²) in [5.74, 6) is 0.445. The number of hydrogen-bond acceptors (Lipinski definition) is 5. The van der Waals surface area contributed by atoms with Gasteiger partial charge >= 0.3 is 0 Å². The fourth-order valence-corrected chi connectivity index (χ4v) is 4.71. The Hall–Kier alpha value is -1.96. The van der Waals surface area contributed by atoms with Gasteiger partial charge in [-0.05, 0) is 36.8 Å². The number of aryl methyl sites for hydroxylation is 1. The lowest BCUT2D eigenvalue weighted by atomic mass is 9.76. The third kappa shape index (κ3) is 4.60. The van der Waals surface area contributed by atoms with Crippen LogP contribution in [0.3, 0.4) is 0 Å². The second-order valence-electron chi connectivity index (χ2n) is 6.86. The number of aliphatic hydroxyl groups excluding tert-OH is 1. The Balaban J connectivity index is 1.80. The first-order valence-corrected chi connectivity index (χ1v) is 10.2. The fraction of sp³-hybridized carbons (Fsp3) is 0.421. The average molecular weight is 376 g/mol. The molecule has 6 nitrogen and oxygen atoms in total. The van der Waals surface area contributed by atoms with E-state index in [0.717, 1.165) is 16.7 Å². The molecule has 2 N–H and O–H groups in total. The molecule has 1 aromatic carbocycles. The minimum atomic E-state index is -3.54. The molecular formula is C19H24N2O4S. The molecule has 1 aliphatic rings. The molecular weight excluding hydrogens is 352 g/mol. The number of nitrogens with zero attached hydrogens (tertiary/aromatic N) is 1. The van der Waals surface area contributed by atoms with Gasteiger partial charge in [0.25, 0.3) is 0 Å². The van der Waals surface area contributed by atoms with E-state index in [-0.39, 0.29) is 17.8 Å². The Kier molecular flexibility index (Phi) is 5.60. The zero-order chi connectivity index (χ0) is 18.7. The molecule has 0 unspecified atom stereocenters. The van der Waals surface area contributed by atoms with Gasteiger partial charge in [-0.3, -0.25) is 0 Å². The topological polar surface area (TPSA) is 88.5 Å². The third-order valence-electron chi connectivity index (χ3n) is 4.69. The minimum absolute atomic E-state index is 0.0486. The quantitative estimate of drug-likeness (QED) is 0.774. The molecule has 0 radical (unpaired) electrons. The molecule has 26 heavy (non-hydrogen) atoms. The lowest BCUT2D eigenvalue weighted by Gasteiger charge is -2.38. The van der Waals surface area contributed by atoms with E-state index in [0.29, 0.717) is 18.7 Å². The van der Waals surface area contributed by atoms with Gasteiger partial charge in [0.05, 0.1) is 25.0 Å². The smallest absolute Gasteiger partial charge is 0.216 e. The Morgan fingerprint density at radius 1 is 1.31 bits per heavy atom. The number of benzene rings is 1. The van der Waals surface area contributed by atoms with Crippen LogP contribution in [0.4, 0.5) is 0 Å². The summed E-state index contributed by atoms with van der Waals surface area (Å²) < 4.78 is 33.3. The van der Waals surface area contributed by atoms with E-state index in [9.17, 15) is 13.5 Å². The van der Waals surface area contributed by atoms with Crippen molar-refractivity contribution in [2.45, 2.75) is 37.7 Å². The van der Waals surface area contributed by atoms with Crippen molar-refractivity contribution in [2.24, 2.45) is 5.92 Å². The summed E-state index contributed by atoms with van der Waals surface area (Å²) in [6.07, 6.45) is 2.41. The molecule has 7 heteroatoms. The molecule has 1 fully saturated rings. The van der Waals surface area contributed by atoms with E-state index in [2.05, 4.69) is 9.71 Å². The highest BCUT2D eigenvalue weighted by molar-refractivity contribution is 7.88. The highest BCUT2D eigenvalue weighted by Gasteiger charge is 2.37. The average Bonchev–Trinajstić information content (AvgIpc) is 2.57. The van der Waals surface area contributed by atoms with Gasteiger partial charge < -0.3 is 9.84 Å². The van der Waals surface area contributed by atoms with Gasteiger partial charge in [-0.25, -0.2) is 18.1 Å². The van der Waals surface area contributed by atoms with Crippen molar-refractivity contribution in [3.05, 3.63) is 59.3 Å². The maximum atomic E-state index is 12.7. The number of pyridine rings is 1. The molecule has 0 saturated heterocycles. The Bertz CT molecular complexity index is 846. The summed E-state index contributed by atoms with van der Waals surface area (Å²) in [6, 6.07) is 10.6. The molecule has 1 aromatic heterocycles. The van der Waals surface area contributed by atoms with E-state index in [1.54, 1.807) is 12.3 Å². The molecule has 140 valence electrons. The second-order valence-corrected chi connectivity index (χ2v) is 8.62. The summed E-state index contributed by atoms with van der Waals surface area (Å²) in [5, 5.41) is 9.65. The number of aliphatic hydroxyl groups is 1. The standard InChI is InChI=1S/C19H24N2O4S/c1-13-4-3-5-14(8-13)12-26(23,24)21-19(16-9-17(22)10-16)15-6-7-18(25-2)20-11-15/h3-8,11,16-17,19,21-22H,9-10,12H2,1-2H3/t16?,17?,19-/m0/s1. The Morgan fingerprint density at radius 2 is 2.08 bits per heavy atom. The van der Waals surface area contributed by atoms with Gasteiger partial charge in [0, 0.05) is 12.3 Å². The van der Waals surface area contributed by atoms with E-state index < -0.39 is 16.1 Å². The maximum Gasteiger partial charge on any atom is 0.216 e. The van der Waals surface area contributed by atoms with E-state index in [1.165, 1.54) is 7.11 Å². The predicted octanol–water partition coefficient (Wildman–Crippen LogP) is 2.33. The van der Waals surface area contributed by atoms with Gasteiger partial charge in [0.1, 0.15) is 0 Å². The van der Waals surface area contributed by atoms with Crippen LogP contribution in [-0.2, 0) is 15.8 Å². The molecule has 0 amide bonds. The number of rotatable bonds is 7. The lowest BCUT2D eigenvalue weighted by molar-refractivity contribution is 0.0279. The van der Waals surface area contributed by atoms with Crippen LogP contribution < -0.4 is 9.46 Å². The van der Waals surface area contributed by atoms with Crippen molar-refractivity contribution >= 4 is 10.0 Å². The minimum Gasteiger partial charge on any atom is -0.481 e. The first-order valence-electron chi connectivity index (χ1n) is 8.60. The summed E-state index contributed by atoms with van der Waals surface area (Å²) >= 11 is 0. The van der Waals surface area contributed by atoms with Crippen molar-refractivity contribution in [1.29, 1.82) is 0 Å². The molecule has 0 spiro atoms. The Labute approximate surface area is 154 Å². The van der Waals surface area contributed by atoms with Crippen LogP contribution in [0.15, 0.2) is 42.6 Å². The van der Waals surface area contributed by atoms with Crippen LogP contribution in [-0.4, -0.2) is 31.7 Å². The zero-order valence-corrected chi connectivity index (χ0v) is 15.7. The highest BCUT2D eigenvalue weighted by Crippen LogP contribution is 2.38. The van der Waals surface area contributed by atoms with Crippen molar-refractivity contribution < 1.29 is 18.3 Å². The van der Waals surface area contributed by atoms with Crippen LogP contribution in [0.1, 0.15) is 35.6 Å². The largest absolute Gasteiger partial charge is 0.481 e. The van der Waals surface area contributed by atoms with Crippen LogP contribution >= 0.6 is 0 Å². The molecule has 0 aliphatic heterocycles. The summed E-state index contributed by atoms with van der Waals surface area (Å²) in [5.41, 5.74) is 2.55. The number of aromatic nitrogens is 1. The van der Waals surface area contributed by atoms with Crippen molar-refractivity contribution in [3.63, 3.8) is 0 Å². The van der Waals surface area contributed by atoms with Crippen LogP contribution in [0, 0.1) is 12.8 Å². The molecule has 1 aliphatic carbocycles. The molecule has 1 heterocycles. The highest BCUT2D eigenvalue weighted by atomic mass is 32.2. The predicted molar refractivity (Wildman–Crippen MR) is 99.2 cm³/mol. The van der Waals surface area contributed by atoms with Crippen LogP contribution in [0.5, 0.6) is 5.88 Å². The number of ether oxygens (including phenoxy) is 1. The molecule has 0 bridgehead atoms. The summed E-state index contributed by atoms with van der Waals surface area (Å²) in [4.78, 5) is 4.18. The van der Waals surface area contributed by atoms with Gasteiger partial charge in [0.2, 0.25) is 15.9 Å². The van der Waals surface area contributed by atoms with Gasteiger partial charge in [-0.2, -0.15) is 0 Å². The van der Waals surface area contributed by atoms with Crippen molar-refractivity contribution in [1.82, 2.24) is 9.71 Å². The number of methoxy groups -OCH3 is 1. The van der Waals surface area contributed by atoms with Crippen molar-refractivity contribution in [2.75, 3.05) is 7.11 Å².